The Kier molecular flexibility index (Phi) is 40.1. The molecule has 0 saturated heterocycles. The minimum atomic E-state index is -5.38. The van der Waals surface area contributed by atoms with Crippen LogP contribution in [0.2, 0.25) is 0 Å². The quantitative estimate of drug-likeness (QED) is 0.0217. The Bertz CT molecular complexity index is 3560. The van der Waals surface area contributed by atoms with Crippen molar-refractivity contribution in [1.82, 2.24) is 0 Å². The molecule has 118 heavy (non-hydrogen) atoms. The highest BCUT2D eigenvalue weighted by atomic mass is 32.2. The molecular formula is C84H102F26O4S4. The summed E-state index contributed by atoms with van der Waals surface area (Å²) >= 11 is 4.50. The van der Waals surface area contributed by atoms with Crippen LogP contribution in [0.15, 0.2) is 99.2 Å². The fraction of sp³-hybridized carbons (Fsp3) is 0.619. The Balaban J connectivity index is 1.70. The van der Waals surface area contributed by atoms with Gasteiger partial charge in [0, 0.05) is 51.4 Å². The molecule has 0 radical (unpaired) electrons. The van der Waals surface area contributed by atoms with E-state index in [-0.39, 0.29) is 126 Å². The molecule has 8 bridgehead atoms. The minimum Gasteiger partial charge on any atom is -0.489 e. The summed E-state index contributed by atoms with van der Waals surface area (Å²) in [6.45, 7) is 15.8. The van der Waals surface area contributed by atoms with Gasteiger partial charge in [-0.05, 0) is 191 Å². The van der Waals surface area contributed by atoms with E-state index in [1.807, 2.05) is 48.5 Å². The number of halogens is 26. The van der Waals surface area contributed by atoms with Crippen LogP contribution in [0.4, 0.5) is 114 Å². The number of rotatable bonds is 56. The number of alkyl halides is 26. The lowest BCUT2D eigenvalue weighted by molar-refractivity contribution is -0.208. The van der Waals surface area contributed by atoms with Crippen molar-refractivity contribution < 1.29 is 133 Å². The molecule has 4 nitrogen and oxygen atoms in total. The van der Waals surface area contributed by atoms with Crippen LogP contribution in [0, 0.1) is 0 Å². The summed E-state index contributed by atoms with van der Waals surface area (Å²) in [6, 6.07) is 15.1. The van der Waals surface area contributed by atoms with Gasteiger partial charge in [-0.1, -0.05) is 99.2 Å². The van der Waals surface area contributed by atoms with Gasteiger partial charge in [0.2, 0.25) is 0 Å². The first-order valence-electron chi connectivity index (χ1n) is 38.4. The second-order valence-corrected chi connectivity index (χ2v) is 35.2. The zero-order chi connectivity index (χ0) is 88.2. The summed E-state index contributed by atoms with van der Waals surface area (Å²) in [5, 5.41) is 0. The number of fused-ring (bicyclic) bond motifs is 8. The van der Waals surface area contributed by atoms with Crippen LogP contribution in [0.5, 0.6) is 23.0 Å². The molecule has 1 aliphatic rings. The Morgan fingerprint density at radius 1 is 0.263 bits per heavy atom. The predicted molar refractivity (Wildman–Crippen MR) is 420 cm³/mol. The largest absolute Gasteiger partial charge is 0.489 e. The molecule has 0 aliphatic heterocycles. The summed E-state index contributed by atoms with van der Waals surface area (Å²) in [5.74, 6) is -40.1. The first kappa shape index (κ1) is 103. The van der Waals surface area contributed by atoms with E-state index in [1.165, 1.54) is 47.8 Å². The van der Waals surface area contributed by atoms with E-state index in [0.29, 0.717) is 129 Å². The van der Waals surface area contributed by atoms with Crippen LogP contribution in [0.3, 0.4) is 0 Å². The van der Waals surface area contributed by atoms with Gasteiger partial charge < -0.3 is 18.9 Å². The second-order valence-electron chi connectivity index (χ2n) is 30.3. The van der Waals surface area contributed by atoms with Gasteiger partial charge in [-0.15, -0.1) is 0 Å². The number of aryl methyl sites for hydroxylation is 4. The third kappa shape index (κ3) is 40.7. The molecule has 5 rings (SSSR count). The van der Waals surface area contributed by atoms with Gasteiger partial charge >= 0.3 is 12.4 Å². The van der Waals surface area contributed by atoms with Gasteiger partial charge in [-0.25, -0.2) is 87.8 Å². The maximum Gasteiger partial charge on any atom is 0.394 e. The van der Waals surface area contributed by atoms with Crippen molar-refractivity contribution in [3.63, 3.8) is 0 Å². The molecule has 0 atom stereocenters. The maximum absolute atomic E-state index is 15.0. The molecule has 0 saturated carbocycles. The van der Waals surface area contributed by atoms with Crippen molar-refractivity contribution in [2.75, 3.05) is 72.5 Å². The van der Waals surface area contributed by atoms with E-state index in [9.17, 15) is 114 Å². The molecular weight excluding hydrogens is 1700 g/mol. The van der Waals surface area contributed by atoms with Gasteiger partial charge in [-0.3, -0.25) is 0 Å². The lowest BCUT2D eigenvalue weighted by Gasteiger charge is -2.25. The van der Waals surface area contributed by atoms with E-state index < -0.39 is 149 Å². The van der Waals surface area contributed by atoms with Crippen LogP contribution >= 0.6 is 47.0 Å². The Hall–Kier alpha value is -5.38. The molecule has 0 aromatic heterocycles. The third-order valence-corrected chi connectivity index (χ3v) is 22.6. The topological polar surface area (TPSA) is 36.9 Å². The average molecular weight is 1800 g/mol. The fourth-order valence-corrected chi connectivity index (χ4v) is 17.7. The van der Waals surface area contributed by atoms with Gasteiger partial charge in [-0.2, -0.15) is 73.4 Å². The van der Waals surface area contributed by atoms with Crippen LogP contribution in [0.25, 0.3) is 0 Å². The predicted octanol–water partition coefficient (Wildman–Crippen LogP) is 28.3. The van der Waals surface area contributed by atoms with Crippen LogP contribution in [-0.4, -0.2) is 144 Å². The third-order valence-electron chi connectivity index (χ3n) is 18.1. The van der Waals surface area contributed by atoms with Crippen LogP contribution in [-0.2, 0) is 51.4 Å². The van der Waals surface area contributed by atoms with E-state index in [0.717, 1.165) is 34.7 Å². The summed E-state index contributed by atoms with van der Waals surface area (Å²) < 4.78 is 390. The molecule has 0 heterocycles. The van der Waals surface area contributed by atoms with Crippen LogP contribution < -0.4 is 18.9 Å². The van der Waals surface area contributed by atoms with Crippen LogP contribution in [0.1, 0.15) is 196 Å². The Labute approximate surface area is 690 Å². The fourth-order valence-electron chi connectivity index (χ4n) is 13.9. The summed E-state index contributed by atoms with van der Waals surface area (Å²) in [7, 11) is 0. The Morgan fingerprint density at radius 2 is 0.458 bits per heavy atom. The molecule has 0 fully saturated rings. The average Bonchev–Trinajstić information content (AvgIpc) is 0.770. The lowest BCUT2D eigenvalue weighted by atomic mass is 9.87. The van der Waals surface area contributed by atoms with Crippen molar-refractivity contribution in [2.24, 2.45) is 0 Å². The highest BCUT2D eigenvalue weighted by Crippen LogP contribution is 2.48. The monoisotopic (exact) mass is 1800 g/mol. The molecule has 1 aliphatic carbocycles. The summed E-state index contributed by atoms with van der Waals surface area (Å²) in [4.78, 5) is 0. The number of benzene rings is 4. The summed E-state index contributed by atoms with van der Waals surface area (Å²) in [6.07, 6.45) is -25.2. The molecule has 0 amide bonds. The highest BCUT2D eigenvalue weighted by Gasteiger charge is 2.52. The molecule has 4 aromatic carbocycles. The highest BCUT2D eigenvalue weighted by molar-refractivity contribution is 7.99. The second kappa shape index (κ2) is 45.8. The minimum absolute atomic E-state index is 0.0212. The van der Waals surface area contributed by atoms with Crippen molar-refractivity contribution in [3.8, 4) is 23.0 Å². The lowest BCUT2D eigenvalue weighted by Crippen LogP contribution is -2.34. The zero-order valence-corrected chi connectivity index (χ0v) is 69.0. The van der Waals surface area contributed by atoms with Gasteiger partial charge in [0.25, 0.3) is 59.2 Å². The van der Waals surface area contributed by atoms with E-state index in [1.54, 1.807) is 0 Å². The number of thioether (sulfide) groups is 4. The molecule has 0 unspecified atom stereocenters. The molecule has 0 spiro atoms. The van der Waals surface area contributed by atoms with Gasteiger partial charge in [0.1, 0.15) is 62.3 Å². The molecule has 668 valence electrons. The number of ether oxygens (including phenoxy) is 4. The van der Waals surface area contributed by atoms with E-state index >= 15 is 0 Å². The Morgan fingerprint density at radius 3 is 0.661 bits per heavy atom. The van der Waals surface area contributed by atoms with E-state index in [2.05, 4.69) is 26.3 Å². The van der Waals surface area contributed by atoms with Crippen molar-refractivity contribution in [1.29, 1.82) is 0 Å². The number of hydrogen-bond donors (Lipinski definition) is 0. The van der Waals surface area contributed by atoms with Gasteiger partial charge in [0.05, 0.1) is 38.5 Å². The molecule has 34 heteroatoms. The smallest absolute Gasteiger partial charge is 0.394 e. The van der Waals surface area contributed by atoms with Crippen molar-refractivity contribution in [3.05, 3.63) is 166 Å². The maximum atomic E-state index is 15.0. The standard InChI is InChI=1S/C84H102F26O4S4/c1-7-25-111-69-61-37-57(17-11-29-115-33-15-21-75(89,90)51-81(101,102)55-83(105,106)107)39-63(69)46-65-41-59(19-13-31-117-35-23-77(93,94)53-79(97,98)49-73(5,85)86)43-67(71(65)113-27-9-3)48-68-44-60(20-14-32-118-36-24-78(95,96)54-80(99,100)50-74(6,87)88)42-66(72(68)114-28-10-4)47-64-40-58(38-62(45-61)70(64)112-26-8-2)18-12-30-116-34-16-22-76(91,92)52-82(103,104)56-84(108,109)110/h7-10,37-44H,1-4,11-36,45-56H2,5-6H3. The SMILES string of the molecule is C=CCOc1c2cc(CCCSCCCC(F)(F)CC(F)(F)CC(F)(F)F)cc1Cc1cc(CCCSCCC(F)(F)CC(F)(F)CC(C)(F)F)cc(c1OCC=C)Cc1cc(CCCSCCC(F)(F)CC(F)(F)CC(C)(F)F)cc(c1OCC=C)Cc1cc(CCCSCCCC(F)(F)CC(F)(F)CC(F)(F)F)cc(c1OCC=C)C2. The zero-order valence-electron chi connectivity index (χ0n) is 65.7. The number of hydrogen-bond acceptors (Lipinski definition) is 8. The van der Waals surface area contributed by atoms with Crippen molar-refractivity contribution >= 4 is 47.0 Å². The first-order valence-corrected chi connectivity index (χ1v) is 43.0. The molecule has 4 aromatic rings. The van der Waals surface area contributed by atoms with E-state index in [4.69, 9.17) is 18.9 Å². The first-order chi connectivity index (χ1) is 54.6. The normalized spacial score (nSPS) is 13.9. The molecule has 0 N–H and O–H groups in total. The van der Waals surface area contributed by atoms with Crippen molar-refractivity contribution in [2.45, 2.75) is 252 Å². The summed E-state index contributed by atoms with van der Waals surface area (Å²) in [5.41, 5.74) is 7.37. The van der Waals surface area contributed by atoms with Gasteiger partial charge in [0.15, 0.2) is 0 Å².